The van der Waals surface area contributed by atoms with Crippen LogP contribution in [0.5, 0.6) is 0 Å². The van der Waals surface area contributed by atoms with Gasteiger partial charge in [-0.15, -0.1) is 0 Å². The first-order valence-electron chi connectivity index (χ1n) is 16.4. The molecule has 0 aliphatic heterocycles. The molecule has 0 amide bonds. The first-order chi connectivity index (χ1) is 23.1. The van der Waals surface area contributed by atoms with Crippen molar-refractivity contribution in [2.24, 2.45) is 0 Å². The van der Waals surface area contributed by atoms with Gasteiger partial charge in [0.1, 0.15) is 0 Å². The van der Waals surface area contributed by atoms with Crippen LogP contribution < -0.4 is 0 Å². The summed E-state index contributed by atoms with van der Waals surface area (Å²) in [6.07, 6.45) is 0. The fourth-order valence-corrected chi connectivity index (χ4v) is 8.29. The SMILES string of the molecule is CC1(C)c2ccccc2-c2cc3c4ccccc4n(-c4cc(-c5ccccc5)cc(-n5c6ccccc6c6ccccc65)c4)c3cc21. The number of hydrogen-bond donors (Lipinski definition) is 0. The largest absolute Gasteiger partial charge is 0.309 e. The summed E-state index contributed by atoms with van der Waals surface area (Å²) in [4.78, 5) is 0. The zero-order valence-corrected chi connectivity index (χ0v) is 26.4. The van der Waals surface area contributed by atoms with E-state index in [9.17, 15) is 0 Å². The minimum atomic E-state index is -0.0819. The average molecular weight is 601 g/mol. The molecule has 0 unspecified atom stereocenters. The predicted molar refractivity (Wildman–Crippen MR) is 198 cm³/mol. The van der Waals surface area contributed by atoms with E-state index in [1.165, 1.54) is 77.0 Å². The summed E-state index contributed by atoms with van der Waals surface area (Å²) in [5.41, 5.74) is 15.0. The third-order valence-corrected chi connectivity index (χ3v) is 10.5. The number of nitrogens with zero attached hydrogens (tertiary/aromatic N) is 2. The molecule has 0 atom stereocenters. The van der Waals surface area contributed by atoms with Gasteiger partial charge in [0.05, 0.1) is 22.1 Å². The fourth-order valence-electron chi connectivity index (χ4n) is 8.29. The highest BCUT2D eigenvalue weighted by Crippen LogP contribution is 2.51. The van der Waals surface area contributed by atoms with E-state index in [-0.39, 0.29) is 5.41 Å². The Kier molecular flexibility index (Phi) is 5.37. The third-order valence-electron chi connectivity index (χ3n) is 10.5. The van der Waals surface area contributed by atoms with Gasteiger partial charge in [-0.05, 0) is 81.9 Å². The minimum Gasteiger partial charge on any atom is -0.309 e. The van der Waals surface area contributed by atoms with Crippen molar-refractivity contribution in [3.8, 4) is 33.6 Å². The third kappa shape index (κ3) is 3.67. The highest BCUT2D eigenvalue weighted by atomic mass is 15.0. The number of benzene rings is 7. The highest BCUT2D eigenvalue weighted by Gasteiger charge is 2.36. The van der Waals surface area contributed by atoms with Crippen molar-refractivity contribution in [1.82, 2.24) is 9.13 Å². The van der Waals surface area contributed by atoms with Crippen LogP contribution in [0.25, 0.3) is 77.2 Å². The molecule has 2 nitrogen and oxygen atoms in total. The van der Waals surface area contributed by atoms with Crippen LogP contribution >= 0.6 is 0 Å². The second-order valence-corrected chi connectivity index (χ2v) is 13.4. The van der Waals surface area contributed by atoms with Crippen LogP contribution in [0, 0.1) is 0 Å². The van der Waals surface area contributed by atoms with E-state index < -0.39 is 0 Å². The zero-order chi connectivity index (χ0) is 31.3. The van der Waals surface area contributed by atoms with E-state index in [0.29, 0.717) is 0 Å². The standard InChI is InChI=1S/C45H32N2/c1-45(2)39-20-10-6-16-33(39)37-27-38-36-19-9-13-23-43(36)47(44(38)28-40(37)45)32-25-30(29-14-4-3-5-15-29)24-31(26-32)46-41-21-11-7-17-34(41)35-18-8-12-22-42(35)46/h3-28H,1-2H3. The Hall–Kier alpha value is -5.86. The number of fused-ring (bicyclic) bond motifs is 9. The van der Waals surface area contributed by atoms with Crippen LogP contribution in [0.4, 0.5) is 0 Å². The maximum Gasteiger partial charge on any atom is 0.0544 e. The Morgan fingerprint density at radius 2 is 0.872 bits per heavy atom. The quantitative estimate of drug-likeness (QED) is 0.191. The van der Waals surface area contributed by atoms with Crippen LogP contribution in [0.3, 0.4) is 0 Å². The normalized spacial score (nSPS) is 13.5. The summed E-state index contributed by atoms with van der Waals surface area (Å²) < 4.78 is 4.93. The fraction of sp³-hybridized carbons (Fsp3) is 0.0667. The molecule has 0 fully saturated rings. The second-order valence-electron chi connectivity index (χ2n) is 13.4. The Labute approximate surface area is 273 Å². The molecular weight excluding hydrogens is 569 g/mol. The molecule has 0 radical (unpaired) electrons. The van der Waals surface area contributed by atoms with Gasteiger partial charge in [-0.2, -0.15) is 0 Å². The summed E-state index contributed by atoms with van der Waals surface area (Å²) in [6, 6.07) is 58.2. The average Bonchev–Trinajstić information content (AvgIpc) is 3.71. The number of rotatable bonds is 3. The van der Waals surface area contributed by atoms with E-state index in [0.717, 1.165) is 11.4 Å². The minimum absolute atomic E-state index is 0.0819. The maximum atomic E-state index is 2.49. The van der Waals surface area contributed by atoms with Gasteiger partial charge in [0.15, 0.2) is 0 Å². The summed E-state index contributed by atoms with van der Waals surface area (Å²) >= 11 is 0. The molecule has 2 heterocycles. The topological polar surface area (TPSA) is 9.86 Å². The molecular formula is C45H32N2. The molecule has 1 aliphatic rings. The molecule has 0 saturated heterocycles. The lowest BCUT2D eigenvalue weighted by atomic mass is 9.82. The lowest BCUT2D eigenvalue weighted by Crippen LogP contribution is -2.15. The summed E-state index contributed by atoms with van der Waals surface area (Å²) in [7, 11) is 0. The van der Waals surface area contributed by atoms with Crippen molar-refractivity contribution >= 4 is 43.6 Å². The number of para-hydroxylation sites is 3. The smallest absolute Gasteiger partial charge is 0.0544 e. The van der Waals surface area contributed by atoms with Gasteiger partial charge in [0.25, 0.3) is 0 Å². The Morgan fingerprint density at radius 3 is 1.51 bits per heavy atom. The summed E-state index contributed by atoms with van der Waals surface area (Å²) in [6.45, 7) is 4.74. The number of aromatic nitrogens is 2. The van der Waals surface area contributed by atoms with Crippen molar-refractivity contribution in [1.29, 1.82) is 0 Å². The monoisotopic (exact) mass is 600 g/mol. The van der Waals surface area contributed by atoms with Gasteiger partial charge >= 0.3 is 0 Å². The molecule has 7 aromatic carbocycles. The number of hydrogen-bond acceptors (Lipinski definition) is 0. The van der Waals surface area contributed by atoms with Crippen LogP contribution in [-0.4, -0.2) is 9.13 Å². The lowest BCUT2D eigenvalue weighted by Gasteiger charge is -2.22. The summed E-state index contributed by atoms with van der Waals surface area (Å²) in [5, 5.41) is 5.10. The maximum absolute atomic E-state index is 2.49. The lowest BCUT2D eigenvalue weighted by molar-refractivity contribution is 0.661. The van der Waals surface area contributed by atoms with Crippen molar-refractivity contribution in [3.05, 3.63) is 169 Å². The highest BCUT2D eigenvalue weighted by molar-refractivity contribution is 6.12. The van der Waals surface area contributed by atoms with Gasteiger partial charge in [0.2, 0.25) is 0 Å². The van der Waals surface area contributed by atoms with Gasteiger partial charge < -0.3 is 9.13 Å². The molecule has 0 saturated carbocycles. The van der Waals surface area contributed by atoms with Crippen molar-refractivity contribution in [2.75, 3.05) is 0 Å². The molecule has 222 valence electrons. The van der Waals surface area contributed by atoms with Crippen LogP contribution in [0.2, 0.25) is 0 Å². The molecule has 0 N–H and O–H groups in total. The molecule has 2 aromatic heterocycles. The summed E-state index contributed by atoms with van der Waals surface area (Å²) in [5.74, 6) is 0. The first-order valence-corrected chi connectivity index (χ1v) is 16.4. The van der Waals surface area contributed by atoms with Gasteiger partial charge in [-0.25, -0.2) is 0 Å². The van der Waals surface area contributed by atoms with E-state index in [1.807, 2.05) is 0 Å². The van der Waals surface area contributed by atoms with E-state index in [2.05, 4.69) is 181 Å². The van der Waals surface area contributed by atoms with Gasteiger partial charge in [-0.3, -0.25) is 0 Å². The first kappa shape index (κ1) is 26.4. The molecule has 1 aliphatic carbocycles. The Bertz CT molecular complexity index is 2650. The molecule has 2 heteroatoms. The zero-order valence-electron chi connectivity index (χ0n) is 26.4. The molecule has 0 bridgehead atoms. The van der Waals surface area contributed by atoms with E-state index in [4.69, 9.17) is 0 Å². The van der Waals surface area contributed by atoms with E-state index >= 15 is 0 Å². The second kappa shape index (κ2) is 9.57. The Morgan fingerprint density at radius 1 is 0.362 bits per heavy atom. The van der Waals surface area contributed by atoms with E-state index in [1.54, 1.807) is 0 Å². The van der Waals surface area contributed by atoms with Crippen molar-refractivity contribution in [3.63, 3.8) is 0 Å². The van der Waals surface area contributed by atoms with Crippen LogP contribution in [0.1, 0.15) is 25.0 Å². The van der Waals surface area contributed by atoms with Crippen molar-refractivity contribution < 1.29 is 0 Å². The Balaban J connectivity index is 1.32. The van der Waals surface area contributed by atoms with Gasteiger partial charge in [-0.1, -0.05) is 123 Å². The molecule has 47 heavy (non-hydrogen) atoms. The molecule has 0 spiro atoms. The van der Waals surface area contributed by atoms with Crippen molar-refractivity contribution in [2.45, 2.75) is 19.3 Å². The molecule has 10 rings (SSSR count). The molecule has 9 aromatic rings. The van der Waals surface area contributed by atoms with Gasteiger partial charge in [0, 0.05) is 38.3 Å². The van der Waals surface area contributed by atoms with Crippen LogP contribution in [0.15, 0.2) is 158 Å². The van der Waals surface area contributed by atoms with Crippen LogP contribution in [-0.2, 0) is 5.41 Å². The predicted octanol–water partition coefficient (Wildman–Crippen LogP) is 11.9.